The molecular formula is C30H26N4O9. The van der Waals surface area contributed by atoms with E-state index in [9.17, 15) is 29.3 Å². The molecule has 4 aromatic rings. The molecule has 0 fully saturated rings. The Bertz CT molecular complexity index is 1670. The number of nitrogens with zero attached hydrogens (tertiary/aromatic N) is 3. The molecule has 0 spiro atoms. The number of benzene rings is 3. The summed E-state index contributed by atoms with van der Waals surface area (Å²) >= 11 is 0. The van der Waals surface area contributed by atoms with E-state index in [4.69, 9.17) is 14.2 Å². The van der Waals surface area contributed by atoms with Gasteiger partial charge in [-0.3, -0.25) is 19.6 Å². The van der Waals surface area contributed by atoms with E-state index in [2.05, 4.69) is 10.4 Å². The van der Waals surface area contributed by atoms with Crippen molar-refractivity contribution in [2.24, 2.45) is 0 Å². The second-order valence-corrected chi connectivity index (χ2v) is 9.00. The second kappa shape index (κ2) is 13.2. The molecule has 13 nitrogen and oxygen atoms in total. The van der Waals surface area contributed by atoms with Gasteiger partial charge in [-0.2, -0.15) is 5.10 Å². The summed E-state index contributed by atoms with van der Waals surface area (Å²) in [4.78, 5) is 63.9. The van der Waals surface area contributed by atoms with Crippen molar-refractivity contribution < 1.29 is 38.3 Å². The zero-order valence-corrected chi connectivity index (χ0v) is 23.3. The van der Waals surface area contributed by atoms with Gasteiger partial charge in [-0.15, -0.1) is 0 Å². The lowest BCUT2D eigenvalue weighted by atomic mass is 9.97. The van der Waals surface area contributed by atoms with Gasteiger partial charge in [0, 0.05) is 23.3 Å². The number of carbonyl (C=O) groups excluding carboxylic acids is 4. The third kappa shape index (κ3) is 6.25. The molecule has 43 heavy (non-hydrogen) atoms. The van der Waals surface area contributed by atoms with Gasteiger partial charge in [-0.05, 0) is 17.7 Å². The number of esters is 3. The number of hydrogen-bond donors (Lipinski definition) is 1. The van der Waals surface area contributed by atoms with Crippen molar-refractivity contribution in [1.82, 2.24) is 15.1 Å². The highest BCUT2D eigenvalue weighted by atomic mass is 16.6. The van der Waals surface area contributed by atoms with Crippen LogP contribution in [0.1, 0.15) is 42.8 Å². The van der Waals surface area contributed by atoms with E-state index < -0.39 is 46.5 Å². The van der Waals surface area contributed by atoms with Gasteiger partial charge in [-0.1, -0.05) is 60.7 Å². The van der Waals surface area contributed by atoms with Crippen LogP contribution in [-0.4, -0.2) is 65.9 Å². The SMILES string of the molecule is COC(=O)c1nn([C@@H](c2ccccc2)[C@H](NC(=O)c2ccccc2)C(=O)OC)c(-c2cccc([N+](=O)[O-])c2)c1C(=O)OC. The number of aromatic nitrogens is 2. The van der Waals surface area contributed by atoms with Crippen LogP contribution in [0.5, 0.6) is 0 Å². The Hall–Kier alpha value is -5.85. The number of nitrogens with one attached hydrogen (secondary N) is 1. The first-order chi connectivity index (χ1) is 20.7. The molecule has 0 radical (unpaired) electrons. The van der Waals surface area contributed by atoms with Crippen LogP contribution in [0.2, 0.25) is 0 Å². The van der Waals surface area contributed by atoms with Gasteiger partial charge in [0.1, 0.15) is 11.6 Å². The topological polar surface area (TPSA) is 169 Å². The van der Waals surface area contributed by atoms with Gasteiger partial charge in [0.2, 0.25) is 0 Å². The predicted octanol–water partition coefficient (Wildman–Crippen LogP) is 3.59. The highest BCUT2D eigenvalue weighted by molar-refractivity contribution is 6.06. The molecule has 0 saturated heterocycles. The smallest absolute Gasteiger partial charge is 0.359 e. The molecule has 0 unspecified atom stereocenters. The van der Waals surface area contributed by atoms with Gasteiger partial charge in [0.15, 0.2) is 11.7 Å². The van der Waals surface area contributed by atoms with Crippen molar-refractivity contribution in [2.45, 2.75) is 12.1 Å². The Labute approximate surface area is 245 Å². The molecule has 0 saturated carbocycles. The number of amides is 1. The Morgan fingerprint density at radius 1 is 0.837 bits per heavy atom. The molecule has 3 aromatic carbocycles. The van der Waals surface area contributed by atoms with Gasteiger partial charge in [0.25, 0.3) is 11.6 Å². The predicted molar refractivity (Wildman–Crippen MR) is 151 cm³/mol. The molecule has 13 heteroatoms. The lowest BCUT2D eigenvalue weighted by Crippen LogP contribution is -2.48. The summed E-state index contributed by atoms with van der Waals surface area (Å²) in [5.41, 5.74) is -0.521. The Kier molecular flexibility index (Phi) is 9.25. The van der Waals surface area contributed by atoms with E-state index in [1.165, 1.54) is 28.9 Å². The van der Waals surface area contributed by atoms with Gasteiger partial charge < -0.3 is 19.5 Å². The largest absolute Gasteiger partial charge is 0.467 e. The number of nitro groups is 1. The maximum Gasteiger partial charge on any atom is 0.359 e. The summed E-state index contributed by atoms with van der Waals surface area (Å²) in [6.45, 7) is 0. The Morgan fingerprint density at radius 3 is 2.05 bits per heavy atom. The molecule has 0 aliphatic heterocycles. The van der Waals surface area contributed by atoms with Crippen LogP contribution in [-0.2, 0) is 19.0 Å². The van der Waals surface area contributed by atoms with Crippen LogP contribution < -0.4 is 5.32 Å². The molecule has 220 valence electrons. The monoisotopic (exact) mass is 586 g/mol. The van der Waals surface area contributed by atoms with Crippen LogP contribution in [0.25, 0.3) is 11.3 Å². The first kappa shape index (κ1) is 30.1. The number of methoxy groups -OCH3 is 3. The summed E-state index contributed by atoms with van der Waals surface area (Å²) in [5, 5.41) is 18.8. The minimum atomic E-state index is -1.48. The lowest BCUT2D eigenvalue weighted by Gasteiger charge is -2.28. The molecule has 0 bridgehead atoms. The van der Waals surface area contributed by atoms with E-state index in [0.29, 0.717) is 5.56 Å². The number of non-ortho nitro benzene ring substituents is 1. The van der Waals surface area contributed by atoms with Crippen molar-refractivity contribution in [3.8, 4) is 11.3 Å². The number of rotatable bonds is 10. The molecular weight excluding hydrogens is 560 g/mol. The number of carbonyl (C=O) groups is 4. The molecule has 1 aromatic heterocycles. The zero-order valence-electron chi connectivity index (χ0n) is 23.3. The third-order valence-corrected chi connectivity index (χ3v) is 6.51. The van der Waals surface area contributed by atoms with Crippen LogP contribution in [0.3, 0.4) is 0 Å². The van der Waals surface area contributed by atoms with Crippen molar-refractivity contribution in [3.63, 3.8) is 0 Å². The summed E-state index contributed by atoms with van der Waals surface area (Å²) in [5.74, 6) is -3.51. The standard InChI is InChI=1S/C30H26N4O9/c1-41-28(36)22-23(29(37)42-2)32-33(25(22)20-15-10-16-21(17-20)34(39)40)26(18-11-6-4-7-12-18)24(30(38)43-3)31-27(35)19-13-8-5-9-14-19/h4-17,24,26H,1-3H3,(H,31,35)/t24-,26-/m0/s1. The van der Waals surface area contributed by atoms with E-state index >= 15 is 0 Å². The van der Waals surface area contributed by atoms with E-state index in [1.807, 2.05) is 0 Å². The normalized spacial score (nSPS) is 12.0. The Balaban J connectivity index is 2.08. The summed E-state index contributed by atoms with van der Waals surface area (Å²) in [6.07, 6.45) is 0. The fourth-order valence-corrected chi connectivity index (χ4v) is 4.55. The maximum absolute atomic E-state index is 13.4. The second-order valence-electron chi connectivity index (χ2n) is 9.00. The summed E-state index contributed by atoms with van der Waals surface area (Å²) in [7, 11) is 3.31. The highest BCUT2D eigenvalue weighted by Crippen LogP contribution is 2.36. The third-order valence-electron chi connectivity index (χ3n) is 6.51. The van der Waals surface area contributed by atoms with Gasteiger partial charge in [-0.25, -0.2) is 14.4 Å². The van der Waals surface area contributed by atoms with Crippen molar-refractivity contribution >= 4 is 29.5 Å². The van der Waals surface area contributed by atoms with Crippen molar-refractivity contribution in [1.29, 1.82) is 0 Å². The minimum absolute atomic E-state index is 0.0937. The van der Waals surface area contributed by atoms with E-state index in [0.717, 1.165) is 21.3 Å². The van der Waals surface area contributed by atoms with Crippen LogP contribution in [0.4, 0.5) is 5.69 Å². The van der Waals surface area contributed by atoms with Gasteiger partial charge >= 0.3 is 17.9 Å². The number of hydrogen-bond acceptors (Lipinski definition) is 10. The van der Waals surface area contributed by atoms with E-state index in [1.54, 1.807) is 60.7 Å². The molecule has 2 atom stereocenters. The fourth-order valence-electron chi connectivity index (χ4n) is 4.55. The van der Waals surface area contributed by atoms with Crippen LogP contribution in [0.15, 0.2) is 84.9 Å². The van der Waals surface area contributed by atoms with Crippen molar-refractivity contribution in [3.05, 3.63) is 117 Å². The zero-order chi connectivity index (χ0) is 31.1. The first-order valence-electron chi connectivity index (χ1n) is 12.7. The molecule has 4 rings (SSSR count). The Morgan fingerprint density at radius 2 is 1.47 bits per heavy atom. The molecule has 1 N–H and O–H groups in total. The maximum atomic E-state index is 13.4. The molecule has 0 aliphatic carbocycles. The average Bonchev–Trinajstić information content (AvgIpc) is 3.44. The lowest BCUT2D eigenvalue weighted by molar-refractivity contribution is -0.384. The average molecular weight is 587 g/mol. The van der Waals surface area contributed by atoms with Crippen LogP contribution >= 0.6 is 0 Å². The number of nitro benzene ring substituents is 1. The van der Waals surface area contributed by atoms with Crippen LogP contribution in [0, 0.1) is 10.1 Å². The van der Waals surface area contributed by atoms with E-state index in [-0.39, 0.29) is 28.1 Å². The number of ether oxygens (including phenoxy) is 3. The fraction of sp³-hybridized carbons (Fsp3) is 0.167. The highest BCUT2D eigenvalue weighted by Gasteiger charge is 2.40. The van der Waals surface area contributed by atoms with Crippen molar-refractivity contribution in [2.75, 3.05) is 21.3 Å². The summed E-state index contributed by atoms with van der Waals surface area (Å²) in [6, 6.07) is 19.0. The van der Waals surface area contributed by atoms with Gasteiger partial charge in [0.05, 0.1) is 31.9 Å². The molecule has 0 aliphatic rings. The first-order valence-corrected chi connectivity index (χ1v) is 12.7. The molecule has 1 amide bonds. The molecule has 1 heterocycles. The minimum Gasteiger partial charge on any atom is -0.467 e. The quantitative estimate of drug-likeness (QED) is 0.125. The summed E-state index contributed by atoms with van der Waals surface area (Å²) < 4.78 is 16.1.